The second-order valence-electron chi connectivity index (χ2n) is 5.09. The summed E-state index contributed by atoms with van der Waals surface area (Å²) < 4.78 is 0. The van der Waals surface area contributed by atoms with Crippen LogP contribution in [-0.2, 0) is 4.79 Å². The molecule has 1 unspecified atom stereocenters. The van der Waals surface area contributed by atoms with E-state index >= 15 is 0 Å². The quantitative estimate of drug-likeness (QED) is 0.632. The number of carbonyl (C=O) groups excluding carboxylic acids is 1. The molecule has 0 aliphatic carbocycles. The van der Waals surface area contributed by atoms with Crippen molar-refractivity contribution in [3.63, 3.8) is 0 Å². The van der Waals surface area contributed by atoms with Crippen LogP contribution in [0.25, 0.3) is 0 Å². The lowest BCUT2D eigenvalue weighted by molar-refractivity contribution is -0.133. The van der Waals surface area contributed by atoms with Crippen LogP contribution < -0.4 is 0 Å². The summed E-state index contributed by atoms with van der Waals surface area (Å²) in [6, 6.07) is 0. The van der Waals surface area contributed by atoms with E-state index in [9.17, 15) is 4.79 Å². The molecule has 94 valence electrons. The third kappa shape index (κ3) is 4.54. The first-order valence-electron chi connectivity index (χ1n) is 7.05. The van der Waals surface area contributed by atoms with E-state index in [4.69, 9.17) is 0 Å². The summed E-state index contributed by atoms with van der Waals surface area (Å²) in [5.74, 6) is 1.17. The van der Waals surface area contributed by atoms with Crippen LogP contribution in [0.15, 0.2) is 0 Å². The molecule has 2 heteroatoms. The Bertz CT molecular complexity index is 201. The zero-order valence-electron chi connectivity index (χ0n) is 11.0. The monoisotopic (exact) mass is 225 g/mol. The van der Waals surface area contributed by atoms with Crippen LogP contribution >= 0.6 is 0 Å². The van der Waals surface area contributed by atoms with Gasteiger partial charge in [-0.25, -0.2) is 0 Å². The molecule has 0 saturated carbocycles. The van der Waals surface area contributed by atoms with E-state index in [-0.39, 0.29) is 0 Å². The molecule has 1 saturated heterocycles. The minimum atomic E-state index is 0.397. The molecule has 0 N–H and O–H groups in total. The fourth-order valence-electron chi connectivity index (χ4n) is 2.62. The molecule has 1 rings (SSSR count). The van der Waals surface area contributed by atoms with Crippen molar-refractivity contribution in [3.8, 4) is 0 Å². The van der Waals surface area contributed by atoms with Crippen molar-refractivity contribution >= 4 is 5.91 Å². The predicted octanol–water partition coefficient (Wildman–Crippen LogP) is 3.61. The van der Waals surface area contributed by atoms with Crippen LogP contribution in [0.1, 0.15) is 65.2 Å². The van der Waals surface area contributed by atoms with Crippen molar-refractivity contribution in [2.24, 2.45) is 5.92 Å². The molecule has 1 heterocycles. The van der Waals surface area contributed by atoms with Crippen LogP contribution in [0.2, 0.25) is 0 Å². The molecule has 0 aromatic carbocycles. The Morgan fingerprint density at radius 3 is 2.75 bits per heavy atom. The van der Waals surface area contributed by atoms with Crippen molar-refractivity contribution in [2.75, 3.05) is 13.1 Å². The first-order valence-corrected chi connectivity index (χ1v) is 7.05. The Morgan fingerprint density at radius 1 is 1.25 bits per heavy atom. The lowest BCUT2D eigenvalue weighted by Crippen LogP contribution is -2.39. The Labute approximate surface area is 100 Å². The van der Waals surface area contributed by atoms with Crippen molar-refractivity contribution in [3.05, 3.63) is 0 Å². The van der Waals surface area contributed by atoms with Gasteiger partial charge in [-0.15, -0.1) is 0 Å². The summed E-state index contributed by atoms with van der Waals surface area (Å²) in [6.07, 6.45) is 9.32. The number of carbonyl (C=O) groups is 1. The molecule has 16 heavy (non-hydrogen) atoms. The molecule has 0 aromatic heterocycles. The molecule has 1 fully saturated rings. The van der Waals surface area contributed by atoms with E-state index in [1.807, 2.05) is 0 Å². The molecule has 0 bridgehead atoms. The van der Waals surface area contributed by atoms with Gasteiger partial charge >= 0.3 is 0 Å². The second kappa shape index (κ2) is 7.70. The van der Waals surface area contributed by atoms with Gasteiger partial charge in [0.15, 0.2) is 0 Å². The number of likely N-dealkylation sites (tertiary alicyclic amines) is 1. The number of piperidine rings is 1. The van der Waals surface area contributed by atoms with Gasteiger partial charge in [0.05, 0.1) is 0 Å². The number of nitrogens with zero attached hydrogens (tertiary/aromatic N) is 1. The number of hydrogen-bond donors (Lipinski definition) is 0. The minimum absolute atomic E-state index is 0.397. The SMILES string of the molecule is CCCCCC(=O)N1CCCC(CCC)C1. The maximum absolute atomic E-state index is 11.9. The Morgan fingerprint density at radius 2 is 2.06 bits per heavy atom. The van der Waals surface area contributed by atoms with E-state index in [1.165, 1.54) is 38.5 Å². The third-order valence-corrected chi connectivity index (χ3v) is 3.56. The highest BCUT2D eigenvalue weighted by molar-refractivity contribution is 5.76. The van der Waals surface area contributed by atoms with Crippen LogP contribution in [0, 0.1) is 5.92 Å². The van der Waals surface area contributed by atoms with Gasteiger partial charge < -0.3 is 4.90 Å². The van der Waals surface area contributed by atoms with Crippen molar-refractivity contribution < 1.29 is 4.79 Å². The van der Waals surface area contributed by atoms with Crippen molar-refractivity contribution in [2.45, 2.75) is 65.2 Å². The van der Waals surface area contributed by atoms with E-state index in [1.54, 1.807) is 0 Å². The van der Waals surface area contributed by atoms with Crippen LogP contribution in [0.4, 0.5) is 0 Å². The van der Waals surface area contributed by atoms with E-state index < -0.39 is 0 Å². The molecule has 0 aromatic rings. The van der Waals surface area contributed by atoms with Crippen LogP contribution in [-0.4, -0.2) is 23.9 Å². The van der Waals surface area contributed by atoms with Gasteiger partial charge in [0.2, 0.25) is 5.91 Å². The summed E-state index contributed by atoms with van der Waals surface area (Å²) in [5, 5.41) is 0. The predicted molar refractivity (Wildman–Crippen MR) is 68.4 cm³/mol. The molecule has 0 radical (unpaired) electrons. The fraction of sp³-hybridized carbons (Fsp3) is 0.929. The van der Waals surface area contributed by atoms with Gasteiger partial charge in [-0.3, -0.25) is 4.79 Å². The smallest absolute Gasteiger partial charge is 0.222 e. The molecule has 1 aliphatic rings. The number of rotatable bonds is 6. The van der Waals surface area contributed by atoms with Crippen molar-refractivity contribution in [1.82, 2.24) is 4.90 Å². The van der Waals surface area contributed by atoms with Gasteiger partial charge in [-0.05, 0) is 31.6 Å². The summed E-state index contributed by atoms with van der Waals surface area (Å²) >= 11 is 0. The summed E-state index contributed by atoms with van der Waals surface area (Å²) in [4.78, 5) is 14.1. The standard InChI is InChI=1S/C14H27NO/c1-3-5-6-10-14(16)15-11-7-9-13(12-15)8-4-2/h13H,3-12H2,1-2H3. The molecular formula is C14H27NO. The third-order valence-electron chi connectivity index (χ3n) is 3.56. The lowest BCUT2D eigenvalue weighted by atomic mass is 9.93. The topological polar surface area (TPSA) is 20.3 Å². The lowest BCUT2D eigenvalue weighted by Gasteiger charge is -2.32. The van der Waals surface area contributed by atoms with Crippen LogP contribution in [0.5, 0.6) is 0 Å². The first-order chi connectivity index (χ1) is 7.77. The zero-order valence-corrected chi connectivity index (χ0v) is 11.0. The van der Waals surface area contributed by atoms with Gasteiger partial charge in [0, 0.05) is 19.5 Å². The van der Waals surface area contributed by atoms with E-state index in [2.05, 4.69) is 18.7 Å². The molecule has 0 spiro atoms. The van der Waals surface area contributed by atoms with E-state index in [0.717, 1.165) is 31.8 Å². The normalized spacial score (nSPS) is 21.1. The Balaban J connectivity index is 2.26. The van der Waals surface area contributed by atoms with Gasteiger partial charge in [-0.2, -0.15) is 0 Å². The highest BCUT2D eigenvalue weighted by Gasteiger charge is 2.22. The second-order valence-corrected chi connectivity index (χ2v) is 5.09. The average molecular weight is 225 g/mol. The minimum Gasteiger partial charge on any atom is -0.342 e. The van der Waals surface area contributed by atoms with Crippen molar-refractivity contribution in [1.29, 1.82) is 0 Å². The maximum Gasteiger partial charge on any atom is 0.222 e. The number of amides is 1. The first kappa shape index (κ1) is 13.5. The summed E-state index contributed by atoms with van der Waals surface area (Å²) in [7, 11) is 0. The van der Waals surface area contributed by atoms with E-state index in [0.29, 0.717) is 5.91 Å². The highest BCUT2D eigenvalue weighted by atomic mass is 16.2. The van der Waals surface area contributed by atoms with Crippen LogP contribution in [0.3, 0.4) is 0 Å². The number of unbranched alkanes of at least 4 members (excludes halogenated alkanes) is 2. The zero-order chi connectivity index (χ0) is 11.8. The largest absolute Gasteiger partial charge is 0.342 e. The van der Waals surface area contributed by atoms with Gasteiger partial charge in [0.25, 0.3) is 0 Å². The highest BCUT2D eigenvalue weighted by Crippen LogP contribution is 2.21. The Hall–Kier alpha value is -0.530. The maximum atomic E-state index is 11.9. The van der Waals surface area contributed by atoms with Gasteiger partial charge in [-0.1, -0.05) is 33.1 Å². The molecule has 1 atom stereocenters. The molecule has 1 aliphatic heterocycles. The number of hydrogen-bond acceptors (Lipinski definition) is 1. The molecule has 2 nitrogen and oxygen atoms in total. The fourth-order valence-corrected chi connectivity index (χ4v) is 2.62. The molecule has 1 amide bonds. The molecular weight excluding hydrogens is 198 g/mol. The summed E-state index contributed by atoms with van der Waals surface area (Å²) in [6.45, 7) is 6.45. The average Bonchev–Trinajstić information content (AvgIpc) is 2.30. The van der Waals surface area contributed by atoms with Gasteiger partial charge in [0.1, 0.15) is 0 Å². The Kier molecular flexibility index (Phi) is 6.51. The summed E-state index contributed by atoms with van der Waals surface area (Å²) in [5.41, 5.74) is 0.